The highest BCUT2D eigenvalue weighted by Gasteiger charge is 2.26. The minimum Gasteiger partial charge on any atom is -0.327 e. The number of thioether (sulfide) groups is 1. The molecule has 1 fully saturated rings. The largest absolute Gasteiger partial charge is 0.331 e. The molecule has 0 saturated carbocycles. The van der Waals surface area contributed by atoms with E-state index in [4.69, 9.17) is 14.8 Å². The van der Waals surface area contributed by atoms with Gasteiger partial charge in [-0.05, 0) is 38.9 Å². The van der Waals surface area contributed by atoms with Gasteiger partial charge < -0.3 is 24.6 Å². The molecule has 1 aliphatic heterocycles. The van der Waals surface area contributed by atoms with Crippen LogP contribution in [-0.4, -0.2) is 80.2 Å². The molecule has 0 aromatic heterocycles. The third-order valence-electron chi connectivity index (χ3n) is 4.83. The van der Waals surface area contributed by atoms with Crippen LogP contribution in [0.1, 0.15) is 20.3 Å². The Balaban J connectivity index is 1.60. The maximum Gasteiger partial charge on any atom is 0.331 e. The van der Waals surface area contributed by atoms with Crippen LogP contribution in [0.4, 0.5) is 0 Å². The molecule has 1 atom stereocenters. The number of hydrogen-bond acceptors (Lipinski definition) is 7. The summed E-state index contributed by atoms with van der Waals surface area (Å²) in [4.78, 5) is 6.11. The van der Waals surface area contributed by atoms with E-state index in [2.05, 4.69) is 34.1 Å². The zero-order valence-corrected chi connectivity index (χ0v) is 19.0. The number of hydrogen-bond donors (Lipinski definition) is 1. The third-order valence-corrected chi connectivity index (χ3v) is 8.08. The summed E-state index contributed by atoms with van der Waals surface area (Å²) in [5.74, 6) is 0.953. The Hall–Kier alpha value is -0.400. The second kappa shape index (κ2) is 13.0. The molecule has 1 aromatic rings. The molecule has 0 unspecified atom stereocenters. The lowest BCUT2D eigenvalue weighted by Crippen LogP contribution is -2.48. The topological polar surface area (TPSA) is 68.0 Å². The molecule has 0 radical (unpaired) electrons. The summed E-state index contributed by atoms with van der Waals surface area (Å²) in [6.45, 7) is 10.4. The van der Waals surface area contributed by atoms with Gasteiger partial charge in [0.2, 0.25) is 0 Å². The highest BCUT2D eigenvalue weighted by molar-refractivity contribution is 7.99. The molecule has 0 aliphatic carbocycles. The predicted octanol–water partition coefficient (Wildman–Crippen LogP) is 3.38. The summed E-state index contributed by atoms with van der Waals surface area (Å²) in [7, 11) is -2.93. The summed E-state index contributed by atoms with van der Waals surface area (Å²) in [6, 6.07) is 10.6. The first kappa shape index (κ1) is 23.9. The van der Waals surface area contributed by atoms with Gasteiger partial charge in [0.25, 0.3) is 0 Å². The van der Waals surface area contributed by atoms with Crippen molar-refractivity contribution in [3.63, 3.8) is 0 Å². The fourth-order valence-electron chi connectivity index (χ4n) is 3.21. The second-order valence-corrected chi connectivity index (χ2v) is 10.3. The SMILES string of the molecule is CCOP(=O)(CCN1CCN(CC[C@@H](N)CSc2ccccc2)CC1)OCC. The van der Waals surface area contributed by atoms with Crippen molar-refractivity contribution in [1.82, 2.24) is 9.80 Å². The molecule has 6 nitrogen and oxygen atoms in total. The van der Waals surface area contributed by atoms with Crippen LogP contribution in [0.2, 0.25) is 0 Å². The van der Waals surface area contributed by atoms with Crippen molar-refractivity contribution in [1.29, 1.82) is 0 Å². The summed E-state index contributed by atoms with van der Waals surface area (Å²) in [5.41, 5.74) is 6.30. The molecule has 0 spiro atoms. The van der Waals surface area contributed by atoms with Crippen molar-refractivity contribution in [3.05, 3.63) is 30.3 Å². The molecule has 2 rings (SSSR count). The first-order valence-corrected chi connectivity index (χ1v) is 13.0. The number of piperazine rings is 1. The van der Waals surface area contributed by atoms with Gasteiger partial charge in [0.1, 0.15) is 0 Å². The predicted molar refractivity (Wildman–Crippen MR) is 118 cm³/mol. The Morgan fingerprint density at radius 3 is 2.18 bits per heavy atom. The molecule has 160 valence electrons. The van der Waals surface area contributed by atoms with Crippen LogP contribution in [-0.2, 0) is 13.6 Å². The van der Waals surface area contributed by atoms with E-state index in [1.807, 2.05) is 31.7 Å². The van der Waals surface area contributed by atoms with Gasteiger partial charge in [0, 0.05) is 49.4 Å². The van der Waals surface area contributed by atoms with Gasteiger partial charge in [-0.25, -0.2) is 0 Å². The summed E-state index contributed by atoms with van der Waals surface area (Å²) >= 11 is 1.83. The minimum atomic E-state index is -2.93. The van der Waals surface area contributed by atoms with E-state index in [9.17, 15) is 4.57 Å². The van der Waals surface area contributed by atoms with Gasteiger partial charge in [-0.15, -0.1) is 11.8 Å². The molecule has 0 bridgehead atoms. The van der Waals surface area contributed by atoms with Crippen LogP contribution >= 0.6 is 19.4 Å². The normalized spacial score (nSPS) is 17.7. The lowest BCUT2D eigenvalue weighted by atomic mass is 10.2. The minimum absolute atomic E-state index is 0.214. The zero-order valence-electron chi connectivity index (χ0n) is 17.3. The van der Waals surface area contributed by atoms with Crippen LogP contribution < -0.4 is 5.73 Å². The summed E-state index contributed by atoms with van der Waals surface area (Å²) in [6.07, 6.45) is 1.49. The number of benzene rings is 1. The van der Waals surface area contributed by atoms with E-state index in [-0.39, 0.29) is 6.04 Å². The van der Waals surface area contributed by atoms with Crippen molar-refractivity contribution in [2.75, 3.05) is 64.4 Å². The van der Waals surface area contributed by atoms with Gasteiger partial charge in [-0.3, -0.25) is 4.57 Å². The summed E-state index contributed by atoms with van der Waals surface area (Å²) in [5, 5.41) is 0. The number of nitrogens with two attached hydrogens (primary N) is 1. The fraction of sp³-hybridized carbons (Fsp3) is 0.700. The lowest BCUT2D eigenvalue weighted by molar-refractivity contribution is 0.132. The van der Waals surface area contributed by atoms with Crippen molar-refractivity contribution in [2.45, 2.75) is 31.2 Å². The van der Waals surface area contributed by atoms with Crippen LogP contribution in [0.15, 0.2) is 35.2 Å². The maximum absolute atomic E-state index is 12.6. The Kier molecular flexibility index (Phi) is 11.1. The molecule has 1 saturated heterocycles. The first-order valence-electron chi connectivity index (χ1n) is 10.3. The van der Waals surface area contributed by atoms with E-state index in [0.29, 0.717) is 19.4 Å². The Morgan fingerprint density at radius 1 is 1.04 bits per heavy atom. The average molecular weight is 430 g/mol. The number of rotatable bonds is 13. The average Bonchev–Trinajstić information content (AvgIpc) is 2.71. The van der Waals surface area contributed by atoms with Gasteiger partial charge in [-0.2, -0.15) is 0 Å². The van der Waals surface area contributed by atoms with E-state index in [1.165, 1.54) is 4.90 Å². The fourth-order valence-corrected chi connectivity index (χ4v) is 5.78. The van der Waals surface area contributed by atoms with E-state index in [1.54, 1.807) is 0 Å². The van der Waals surface area contributed by atoms with Crippen molar-refractivity contribution >= 4 is 19.4 Å². The van der Waals surface area contributed by atoms with Gasteiger partial charge in [0.15, 0.2) is 0 Å². The van der Waals surface area contributed by atoms with Gasteiger partial charge in [-0.1, -0.05) is 18.2 Å². The van der Waals surface area contributed by atoms with Crippen LogP contribution in [0.5, 0.6) is 0 Å². The Bertz CT molecular complexity index is 575. The maximum atomic E-state index is 12.6. The Morgan fingerprint density at radius 2 is 1.61 bits per heavy atom. The zero-order chi connectivity index (χ0) is 20.2. The molecule has 28 heavy (non-hydrogen) atoms. The number of nitrogens with zero attached hydrogens (tertiary/aromatic N) is 2. The molecule has 1 heterocycles. The lowest BCUT2D eigenvalue weighted by Gasteiger charge is -2.35. The van der Waals surface area contributed by atoms with Crippen molar-refractivity contribution in [3.8, 4) is 0 Å². The van der Waals surface area contributed by atoms with Crippen molar-refractivity contribution in [2.24, 2.45) is 5.73 Å². The molecule has 8 heteroatoms. The smallest absolute Gasteiger partial charge is 0.327 e. The van der Waals surface area contributed by atoms with Crippen LogP contribution in [0.25, 0.3) is 0 Å². The molecular formula is C20H36N3O3PS. The monoisotopic (exact) mass is 429 g/mol. The van der Waals surface area contributed by atoms with Crippen molar-refractivity contribution < 1.29 is 13.6 Å². The van der Waals surface area contributed by atoms with E-state index < -0.39 is 7.60 Å². The molecule has 2 N–H and O–H groups in total. The third kappa shape index (κ3) is 8.95. The van der Waals surface area contributed by atoms with Gasteiger partial charge >= 0.3 is 7.60 Å². The standard InChI is InChI=1S/C20H36N3O3PS/c1-3-25-27(24,26-4-2)17-16-23-14-12-22(13-15-23)11-10-19(21)18-28-20-8-6-5-7-9-20/h5-9,19H,3-4,10-18,21H2,1-2H3/t19-/m1/s1. The first-order chi connectivity index (χ1) is 13.5. The molecular weight excluding hydrogens is 393 g/mol. The Labute approximate surface area is 174 Å². The van der Waals surface area contributed by atoms with E-state index >= 15 is 0 Å². The quantitative estimate of drug-likeness (QED) is 0.381. The molecule has 1 aliphatic rings. The van der Waals surface area contributed by atoms with Crippen LogP contribution in [0, 0.1) is 0 Å². The van der Waals surface area contributed by atoms with Crippen LogP contribution in [0.3, 0.4) is 0 Å². The molecule has 1 aromatic carbocycles. The summed E-state index contributed by atoms with van der Waals surface area (Å²) < 4.78 is 23.3. The highest BCUT2D eigenvalue weighted by Crippen LogP contribution is 2.47. The second-order valence-electron chi connectivity index (χ2n) is 7.03. The molecule has 0 amide bonds. The van der Waals surface area contributed by atoms with Gasteiger partial charge in [0.05, 0.1) is 19.4 Å². The van der Waals surface area contributed by atoms with E-state index in [0.717, 1.165) is 51.4 Å². The highest BCUT2D eigenvalue weighted by atomic mass is 32.2.